The summed E-state index contributed by atoms with van der Waals surface area (Å²) in [7, 11) is 0. The zero-order chi connectivity index (χ0) is 13.5. The molecule has 3 N–H and O–H groups in total. The van der Waals surface area contributed by atoms with Gasteiger partial charge in [0.25, 0.3) is 0 Å². The number of amides is 1. The summed E-state index contributed by atoms with van der Waals surface area (Å²) in [5.41, 5.74) is 0. The van der Waals surface area contributed by atoms with Crippen molar-refractivity contribution in [2.75, 3.05) is 11.5 Å². The second kappa shape index (κ2) is 7.25. The van der Waals surface area contributed by atoms with Crippen molar-refractivity contribution >= 4 is 29.6 Å². The Morgan fingerprint density at radius 3 is 2.33 bits per heavy atom. The molecule has 1 fully saturated rings. The first kappa shape index (κ1) is 14.8. The van der Waals surface area contributed by atoms with Crippen molar-refractivity contribution in [2.45, 2.75) is 31.7 Å². The number of carbonyl (C=O) groups excluding carboxylic acids is 1. The van der Waals surface area contributed by atoms with E-state index in [2.05, 4.69) is 5.32 Å². The molecular formula is C11H17NO5S. The van der Waals surface area contributed by atoms with Gasteiger partial charge >= 0.3 is 11.9 Å². The van der Waals surface area contributed by atoms with Crippen molar-refractivity contribution in [2.24, 2.45) is 5.92 Å². The van der Waals surface area contributed by atoms with Crippen LogP contribution in [0.1, 0.15) is 25.7 Å². The Morgan fingerprint density at radius 1 is 1.22 bits per heavy atom. The van der Waals surface area contributed by atoms with E-state index in [4.69, 9.17) is 10.2 Å². The van der Waals surface area contributed by atoms with Crippen molar-refractivity contribution in [3.05, 3.63) is 0 Å². The van der Waals surface area contributed by atoms with Gasteiger partial charge in [0.2, 0.25) is 5.91 Å². The fraction of sp³-hybridized carbons (Fsp3) is 0.727. The second-order valence-corrected chi connectivity index (χ2v) is 5.54. The molecule has 0 unspecified atom stereocenters. The molecule has 102 valence electrons. The highest BCUT2D eigenvalue weighted by molar-refractivity contribution is 7.99. The van der Waals surface area contributed by atoms with Crippen molar-refractivity contribution in [3.63, 3.8) is 0 Å². The van der Waals surface area contributed by atoms with Crippen LogP contribution >= 0.6 is 11.8 Å². The third-order valence-electron chi connectivity index (χ3n) is 2.83. The second-order valence-electron chi connectivity index (χ2n) is 4.32. The Hall–Kier alpha value is -1.24. The molecule has 18 heavy (non-hydrogen) atoms. The van der Waals surface area contributed by atoms with Crippen LogP contribution in [0.2, 0.25) is 0 Å². The average molecular weight is 275 g/mol. The lowest BCUT2D eigenvalue weighted by molar-refractivity contribution is -0.147. The fourth-order valence-electron chi connectivity index (χ4n) is 1.84. The van der Waals surface area contributed by atoms with E-state index in [-0.39, 0.29) is 18.2 Å². The Kier molecular flexibility index (Phi) is 5.97. The molecule has 0 aromatic carbocycles. The molecule has 0 spiro atoms. The number of thioether (sulfide) groups is 1. The third kappa shape index (κ3) is 5.39. The SMILES string of the molecule is O=C(O)C[C@H](NC(=O)CC1CCSCC1)C(=O)O. The van der Waals surface area contributed by atoms with Gasteiger partial charge in [-0.25, -0.2) is 4.79 Å². The molecule has 0 saturated carbocycles. The number of carboxylic acids is 2. The van der Waals surface area contributed by atoms with Gasteiger partial charge in [0.1, 0.15) is 6.04 Å². The predicted molar refractivity (Wildman–Crippen MR) is 66.5 cm³/mol. The summed E-state index contributed by atoms with van der Waals surface area (Å²) in [5.74, 6) is -0.599. The number of carboxylic acid groups (broad SMARTS) is 2. The molecule has 0 bridgehead atoms. The van der Waals surface area contributed by atoms with E-state index >= 15 is 0 Å². The smallest absolute Gasteiger partial charge is 0.326 e. The first-order chi connectivity index (χ1) is 8.49. The lowest BCUT2D eigenvalue weighted by Crippen LogP contribution is -2.42. The van der Waals surface area contributed by atoms with Crippen LogP contribution in [0.4, 0.5) is 0 Å². The lowest BCUT2D eigenvalue weighted by Gasteiger charge is -2.21. The van der Waals surface area contributed by atoms with E-state index in [9.17, 15) is 14.4 Å². The number of hydrogen-bond acceptors (Lipinski definition) is 4. The molecule has 0 aromatic rings. The summed E-state index contributed by atoms with van der Waals surface area (Å²) in [6.45, 7) is 0. The van der Waals surface area contributed by atoms with Gasteiger partial charge in [-0.15, -0.1) is 0 Å². The zero-order valence-electron chi connectivity index (χ0n) is 9.92. The first-order valence-electron chi connectivity index (χ1n) is 5.80. The quantitative estimate of drug-likeness (QED) is 0.654. The first-order valence-corrected chi connectivity index (χ1v) is 6.96. The highest BCUT2D eigenvalue weighted by atomic mass is 32.2. The number of rotatable bonds is 6. The van der Waals surface area contributed by atoms with E-state index in [0.29, 0.717) is 0 Å². The van der Waals surface area contributed by atoms with E-state index in [1.165, 1.54) is 0 Å². The van der Waals surface area contributed by atoms with E-state index in [1.54, 1.807) is 0 Å². The summed E-state index contributed by atoms with van der Waals surface area (Å²) >= 11 is 1.85. The molecule has 0 aliphatic carbocycles. The van der Waals surface area contributed by atoms with Crippen molar-refractivity contribution in [1.82, 2.24) is 5.32 Å². The normalized spacial score (nSPS) is 18.0. The molecule has 0 aromatic heterocycles. The van der Waals surface area contributed by atoms with Crippen LogP contribution in [0.15, 0.2) is 0 Å². The monoisotopic (exact) mass is 275 g/mol. The van der Waals surface area contributed by atoms with Crippen LogP contribution in [0.25, 0.3) is 0 Å². The Labute approximate surface area is 109 Å². The van der Waals surface area contributed by atoms with Gasteiger partial charge in [0, 0.05) is 6.42 Å². The molecular weight excluding hydrogens is 258 g/mol. The summed E-state index contributed by atoms with van der Waals surface area (Å²) in [6.07, 6.45) is 1.59. The molecule has 1 saturated heterocycles. The van der Waals surface area contributed by atoms with E-state index in [0.717, 1.165) is 24.3 Å². The maximum atomic E-state index is 11.6. The number of nitrogens with one attached hydrogen (secondary N) is 1. The highest BCUT2D eigenvalue weighted by Crippen LogP contribution is 2.25. The summed E-state index contributed by atoms with van der Waals surface area (Å²) in [5, 5.41) is 19.6. The topological polar surface area (TPSA) is 104 Å². The molecule has 1 rings (SSSR count). The summed E-state index contributed by atoms with van der Waals surface area (Å²) in [4.78, 5) is 32.9. The summed E-state index contributed by atoms with van der Waals surface area (Å²) in [6, 6.07) is -1.34. The van der Waals surface area contributed by atoms with Gasteiger partial charge in [-0.3, -0.25) is 9.59 Å². The van der Waals surface area contributed by atoms with Gasteiger partial charge in [0.05, 0.1) is 6.42 Å². The molecule has 1 amide bonds. The maximum absolute atomic E-state index is 11.6. The fourth-order valence-corrected chi connectivity index (χ4v) is 3.04. The van der Waals surface area contributed by atoms with Crippen LogP contribution in [0, 0.1) is 5.92 Å². The molecule has 1 atom stereocenters. The van der Waals surface area contributed by atoms with Crippen molar-refractivity contribution in [1.29, 1.82) is 0 Å². The average Bonchev–Trinajstić information content (AvgIpc) is 2.28. The number of aliphatic carboxylic acids is 2. The van der Waals surface area contributed by atoms with Crippen LogP contribution in [-0.2, 0) is 14.4 Å². The lowest BCUT2D eigenvalue weighted by atomic mass is 9.98. The Morgan fingerprint density at radius 2 is 1.83 bits per heavy atom. The van der Waals surface area contributed by atoms with Gasteiger partial charge in [-0.2, -0.15) is 11.8 Å². The molecule has 7 heteroatoms. The Balaban J connectivity index is 2.40. The van der Waals surface area contributed by atoms with Gasteiger partial charge in [0.15, 0.2) is 0 Å². The minimum absolute atomic E-state index is 0.282. The van der Waals surface area contributed by atoms with E-state index < -0.39 is 24.4 Å². The highest BCUT2D eigenvalue weighted by Gasteiger charge is 2.24. The Bertz CT molecular complexity index is 327. The summed E-state index contributed by atoms with van der Waals surface area (Å²) < 4.78 is 0. The zero-order valence-corrected chi connectivity index (χ0v) is 10.7. The predicted octanol–water partition coefficient (Wildman–Crippen LogP) is 0.564. The molecule has 1 heterocycles. The van der Waals surface area contributed by atoms with Crippen LogP contribution in [-0.4, -0.2) is 45.6 Å². The van der Waals surface area contributed by atoms with Crippen molar-refractivity contribution < 1.29 is 24.6 Å². The molecule has 1 aliphatic heterocycles. The minimum Gasteiger partial charge on any atom is -0.481 e. The van der Waals surface area contributed by atoms with Gasteiger partial charge < -0.3 is 15.5 Å². The number of carbonyl (C=O) groups is 3. The largest absolute Gasteiger partial charge is 0.481 e. The van der Waals surface area contributed by atoms with Crippen LogP contribution in [0.5, 0.6) is 0 Å². The van der Waals surface area contributed by atoms with Crippen molar-refractivity contribution in [3.8, 4) is 0 Å². The van der Waals surface area contributed by atoms with Gasteiger partial charge in [-0.05, 0) is 30.3 Å². The third-order valence-corrected chi connectivity index (χ3v) is 3.88. The van der Waals surface area contributed by atoms with Crippen LogP contribution < -0.4 is 5.32 Å². The molecule has 6 nitrogen and oxygen atoms in total. The molecule has 0 radical (unpaired) electrons. The molecule has 1 aliphatic rings. The minimum atomic E-state index is -1.34. The number of hydrogen-bond donors (Lipinski definition) is 3. The standard InChI is InChI=1S/C11H17NO5S/c13-9(5-7-1-3-18-4-2-7)12-8(11(16)17)6-10(14)15/h7-8H,1-6H2,(H,12,13)(H,14,15)(H,16,17)/t8-/m0/s1. The van der Waals surface area contributed by atoms with E-state index in [1.807, 2.05) is 11.8 Å². The van der Waals surface area contributed by atoms with Gasteiger partial charge in [-0.1, -0.05) is 0 Å². The van der Waals surface area contributed by atoms with Crippen LogP contribution in [0.3, 0.4) is 0 Å². The maximum Gasteiger partial charge on any atom is 0.326 e.